The van der Waals surface area contributed by atoms with Crippen LogP contribution in [0.5, 0.6) is 0 Å². The van der Waals surface area contributed by atoms with E-state index in [-0.39, 0.29) is 6.54 Å². The zero-order chi connectivity index (χ0) is 20.1. The van der Waals surface area contributed by atoms with E-state index in [0.717, 1.165) is 32.5 Å². The number of rotatable bonds is 6. The molecule has 0 aromatic heterocycles. The fourth-order valence-electron chi connectivity index (χ4n) is 2.81. The maximum Gasteiger partial charge on any atom is 0.260 e. The number of carbonyl (C=O) groups excluding carboxylic acids is 1. The second-order valence-corrected chi connectivity index (χ2v) is 8.37. The van der Waals surface area contributed by atoms with E-state index in [2.05, 4.69) is 10.5 Å². The van der Waals surface area contributed by atoms with Crippen LogP contribution in [0, 0.1) is 6.92 Å². The number of hydrogen-bond donors (Lipinski definition) is 1. The Bertz CT molecular complexity index is 1120. The minimum atomic E-state index is -3.61. The highest BCUT2D eigenvalue weighted by Crippen LogP contribution is 2.18. The molecule has 1 N–H and O–H groups in total. The van der Waals surface area contributed by atoms with Crippen LogP contribution in [0.2, 0.25) is 0 Å². The Morgan fingerprint density at radius 1 is 1.04 bits per heavy atom. The molecule has 28 heavy (non-hydrogen) atoms. The number of hydrazone groups is 1. The van der Waals surface area contributed by atoms with Crippen molar-refractivity contribution in [1.82, 2.24) is 5.43 Å². The highest BCUT2D eigenvalue weighted by atomic mass is 32.2. The number of nitrogens with one attached hydrogen (secondary N) is 1. The average Bonchev–Trinajstić information content (AvgIpc) is 2.66. The summed E-state index contributed by atoms with van der Waals surface area (Å²) >= 11 is 0. The number of fused-ring (bicyclic) bond motifs is 1. The summed E-state index contributed by atoms with van der Waals surface area (Å²) < 4.78 is 25.3. The summed E-state index contributed by atoms with van der Waals surface area (Å²) in [5.74, 6) is -0.525. The van der Waals surface area contributed by atoms with Gasteiger partial charge in [0, 0.05) is 5.56 Å². The van der Waals surface area contributed by atoms with Crippen molar-refractivity contribution in [3.63, 3.8) is 0 Å². The van der Waals surface area contributed by atoms with Crippen LogP contribution in [-0.4, -0.2) is 33.3 Å². The maximum atomic E-state index is 12.3. The van der Waals surface area contributed by atoms with Gasteiger partial charge in [0.25, 0.3) is 5.91 Å². The molecule has 0 spiro atoms. The monoisotopic (exact) mass is 395 g/mol. The molecule has 3 aromatic carbocycles. The van der Waals surface area contributed by atoms with Crippen LogP contribution in [0.3, 0.4) is 0 Å². The fourth-order valence-corrected chi connectivity index (χ4v) is 3.67. The van der Waals surface area contributed by atoms with Crippen LogP contribution in [0.15, 0.2) is 71.8 Å². The maximum absolute atomic E-state index is 12.3. The van der Waals surface area contributed by atoms with Crippen molar-refractivity contribution >= 4 is 38.6 Å². The molecule has 0 bridgehead atoms. The molecule has 0 aliphatic heterocycles. The van der Waals surface area contributed by atoms with Gasteiger partial charge in [-0.25, -0.2) is 13.8 Å². The van der Waals surface area contributed by atoms with Crippen molar-refractivity contribution < 1.29 is 13.2 Å². The van der Waals surface area contributed by atoms with Gasteiger partial charge >= 0.3 is 0 Å². The molecule has 0 fully saturated rings. The molecule has 3 rings (SSSR count). The van der Waals surface area contributed by atoms with Crippen LogP contribution >= 0.6 is 0 Å². The van der Waals surface area contributed by atoms with Crippen LogP contribution in [0.4, 0.5) is 5.69 Å². The van der Waals surface area contributed by atoms with Crippen LogP contribution in [-0.2, 0) is 14.8 Å². The largest absolute Gasteiger partial charge is 0.271 e. The highest BCUT2D eigenvalue weighted by Gasteiger charge is 2.20. The molecule has 0 aliphatic rings. The number of anilines is 1. The van der Waals surface area contributed by atoms with E-state index in [4.69, 9.17) is 0 Å². The van der Waals surface area contributed by atoms with Crippen molar-refractivity contribution in [3.8, 4) is 0 Å². The van der Waals surface area contributed by atoms with Crippen molar-refractivity contribution in [2.75, 3.05) is 17.1 Å². The standard InChI is InChI=1S/C21H21N3O3S/c1-16-10-12-19(13-11-16)24(28(2,26)27)15-21(25)23-22-14-18-8-5-7-17-6-3-4-9-20(17)18/h3-14H,15H2,1-2H3,(H,23,25)/b22-14-. The number of aryl methyl sites for hydroxylation is 1. The third-order valence-electron chi connectivity index (χ3n) is 4.23. The predicted molar refractivity (Wildman–Crippen MR) is 113 cm³/mol. The topological polar surface area (TPSA) is 78.8 Å². The van der Waals surface area contributed by atoms with Crippen molar-refractivity contribution in [1.29, 1.82) is 0 Å². The van der Waals surface area contributed by atoms with Gasteiger partial charge in [0.15, 0.2) is 0 Å². The molecule has 0 atom stereocenters. The molecule has 144 valence electrons. The van der Waals surface area contributed by atoms with E-state index in [1.165, 1.54) is 0 Å². The average molecular weight is 395 g/mol. The molecule has 1 amide bonds. The second kappa shape index (κ2) is 8.22. The lowest BCUT2D eigenvalue weighted by Crippen LogP contribution is -2.39. The molecule has 6 nitrogen and oxygen atoms in total. The van der Waals surface area contributed by atoms with Gasteiger partial charge in [-0.1, -0.05) is 60.2 Å². The number of sulfonamides is 1. The number of carbonyl (C=O) groups is 1. The zero-order valence-corrected chi connectivity index (χ0v) is 16.5. The minimum absolute atomic E-state index is 0.352. The number of hydrogen-bond acceptors (Lipinski definition) is 4. The van der Waals surface area contributed by atoms with Gasteiger partial charge < -0.3 is 0 Å². The first-order chi connectivity index (χ1) is 13.3. The van der Waals surface area contributed by atoms with E-state index in [9.17, 15) is 13.2 Å². The smallest absolute Gasteiger partial charge is 0.260 e. The van der Waals surface area contributed by atoms with E-state index in [0.29, 0.717) is 5.69 Å². The molecule has 0 unspecified atom stereocenters. The predicted octanol–water partition coefficient (Wildman–Crippen LogP) is 3.06. The molecule has 0 radical (unpaired) electrons. The Morgan fingerprint density at radius 2 is 1.71 bits per heavy atom. The summed E-state index contributed by atoms with van der Waals surface area (Å²) in [5.41, 5.74) is 4.70. The Balaban J connectivity index is 1.73. The van der Waals surface area contributed by atoms with E-state index in [1.807, 2.05) is 49.4 Å². The molecule has 7 heteroatoms. The lowest BCUT2D eigenvalue weighted by atomic mass is 10.1. The SMILES string of the molecule is Cc1ccc(N(CC(=O)N/N=C\c2cccc3ccccc23)S(C)(=O)=O)cc1. The Hall–Kier alpha value is -3.19. The minimum Gasteiger partial charge on any atom is -0.271 e. The molecule has 0 saturated heterocycles. The molecule has 3 aromatic rings. The first kappa shape index (κ1) is 19.6. The second-order valence-electron chi connectivity index (χ2n) is 6.47. The third-order valence-corrected chi connectivity index (χ3v) is 5.37. The normalized spacial score (nSPS) is 11.6. The third kappa shape index (κ3) is 4.75. The summed E-state index contributed by atoms with van der Waals surface area (Å²) in [6.45, 7) is 1.55. The van der Waals surface area contributed by atoms with Crippen LogP contribution < -0.4 is 9.73 Å². The number of amides is 1. The molecule has 0 saturated carbocycles. The summed E-state index contributed by atoms with van der Waals surface area (Å²) in [5, 5.41) is 6.07. The van der Waals surface area contributed by atoms with Gasteiger partial charge in [0.05, 0.1) is 18.2 Å². The fraction of sp³-hybridized carbons (Fsp3) is 0.143. The van der Waals surface area contributed by atoms with Gasteiger partial charge in [0.1, 0.15) is 6.54 Å². The van der Waals surface area contributed by atoms with E-state index < -0.39 is 15.9 Å². The molecular weight excluding hydrogens is 374 g/mol. The van der Waals surface area contributed by atoms with Gasteiger partial charge in [-0.2, -0.15) is 5.10 Å². The highest BCUT2D eigenvalue weighted by molar-refractivity contribution is 7.92. The molecule has 0 heterocycles. The molecule has 0 aliphatic carbocycles. The Kier molecular flexibility index (Phi) is 5.75. The van der Waals surface area contributed by atoms with Gasteiger partial charge in [-0.05, 0) is 29.8 Å². The molecular formula is C21H21N3O3S. The first-order valence-corrected chi connectivity index (χ1v) is 10.5. The van der Waals surface area contributed by atoms with Gasteiger partial charge in [-0.3, -0.25) is 9.10 Å². The van der Waals surface area contributed by atoms with E-state index >= 15 is 0 Å². The first-order valence-electron chi connectivity index (χ1n) is 8.68. The zero-order valence-electron chi connectivity index (χ0n) is 15.7. The Labute approximate surface area is 164 Å². The summed E-state index contributed by atoms with van der Waals surface area (Å²) in [4.78, 5) is 12.3. The lowest BCUT2D eigenvalue weighted by molar-refractivity contribution is -0.119. The number of nitrogens with zero attached hydrogens (tertiary/aromatic N) is 2. The Morgan fingerprint density at radius 3 is 2.43 bits per heavy atom. The van der Waals surface area contributed by atoms with Crippen molar-refractivity contribution in [3.05, 3.63) is 77.9 Å². The van der Waals surface area contributed by atoms with Crippen LogP contribution in [0.25, 0.3) is 10.8 Å². The quantitative estimate of drug-likeness (QED) is 0.515. The number of benzene rings is 3. The lowest BCUT2D eigenvalue weighted by Gasteiger charge is -2.21. The summed E-state index contributed by atoms with van der Waals surface area (Å²) in [7, 11) is -3.61. The summed E-state index contributed by atoms with van der Waals surface area (Å²) in [6.07, 6.45) is 2.62. The van der Waals surface area contributed by atoms with Crippen molar-refractivity contribution in [2.24, 2.45) is 5.10 Å². The summed E-state index contributed by atoms with van der Waals surface area (Å²) in [6, 6.07) is 20.6. The van der Waals surface area contributed by atoms with Gasteiger partial charge in [0.2, 0.25) is 10.0 Å². The van der Waals surface area contributed by atoms with E-state index in [1.54, 1.807) is 30.5 Å². The van der Waals surface area contributed by atoms with Gasteiger partial charge in [-0.15, -0.1) is 0 Å². The van der Waals surface area contributed by atoms with Crippen molar-refractivity contribution in [2.45, 2.75) is 6.92 Å². The van der Waals surface area contributed by atoms with Crippen LogP contribution in [0.1, 0.15) is 11.1 Å².